The van der Waals surface area contributed by atoms with E-state index in [0.29, 0.717) is 12.2 Å². The van der Waals surface area contributed by atoms with Crippen LogP contribution in [0.4, 0.5) is 0 Å². The summed E-state index contributed by atoms with van der Waals surface area (Å²) in [7, 11) is 0. The van der Waals surface area contributed by atoms with Crippen molar-refractivity contribution in [2.75, 3.05) is 26.2 Å². The van der Waals surface area contributed by atoms with Crippen LogP contribution in [0, 0.1) is 0 Å². The predicted octanol–water partition coefficient (Wildman–Crippen LogP) is 1.63. The molecule has 1 aromatic carbocycles. The van der Waals surface area contributed by atoms with Crippen molar-refractivity contribution in [1.29, 1.82) is 0 Å². The zero-order chi connectivity index (χ0) is 13.1. The van der Waals surface area contributed by atoms with Gasteiger partial charge < -0.3 is 5.32 Å². The first-order valence-corrected chi connectivity index (χ1v) is 7.34. The third-order valence-corrected chi connectivity index (χ3v) is 4.60. The normalized spacial score (nSPS) is 27.2. The molecule has 3 rings (SSSR count). The second kappa shape index (κ2) is 5.43. The highest BCUT2D eigenvalue weighted by Gasteiger charge is 2.47. The molecule has 0 radical (unpaired) electrons. The van der Waals surface area contributed by atoms with Gasteiger partial charge in [0.15, 0.2) is 5.78 Å². The Morgan fingerprint density at radius 3 is 2.95 bits per heavy atom. The van der Waals surface area contributed by atoms with E-state index in [1.165, 1.54) is 12.0 Å². The Morgan fingerprint density at radius 1 is 1.26 bits per heavy atom. The van der Waals surface area contributed by atoms with Gasteiger partial charge in [-0.1, -0.05) is 30.3 Å². The van der Waals surface area contributed by atoms with Gasteiger partial charge in [-0.25, -0.2) is 0 Å². The number of aryl methyl sites for hydroxylation is 1. The van der Waals surface area contributed by atoms with Gasteiger partial charge in [0.25, 0.3) is 0 Å². The van der Waals surface area contributed by atoms with E-state index in [-0.39, 0.29) is 5.54 Å². The molecule has 2 saturated heterocycles. The number of rotatable bonds is 4. The van der Waals surface area contributed by atoms with Crippen LogP contribution in [-0.2, 0) is 11.2 Å². The van der Waals surface area contributed by atoms with Gasteiger partial charge in [-0.3, -0.25) is 9.69 Å². The molecular formula is C16H22N2O. The molecule has 0 spiro atoms. The van der Waals surface area contributed by atoms with Gasteiger partial charge in [-0.15, -0.1) is 0 Å². The maximum absolute atomic E-state index is 12.7. The number of carbonyl (C=O) groups excluding carboxylic acids is 1. The highest BCUT2D eigenvalue weighted by atomic mass is 16.1. The minimum Gasteiger partial charge on any atom is -0.313 e. The number of fused-ring (bicyclic) bond motifs is 1. The second-order valence-electron chi connectivity index (χ2n) is 5.71. The smallest absolute Gasteiger partial charge is 0.154 e. The van der Waals surface area contributed by atoms with Crippen LogP contribution < -0.4 is 5.32 Å². The Hall–Kier alpha value is -1.19. The van der Waals surface area contributed by atoms with Crippen LogP contribution in [0.2, 0.25) is 0 Å². The highest BCUT2D eigenvalue weighted by molar-refractivity contribution is 5.89. The molecule has 2 heterocycles. The largest absolute Gasteiger partial charge is 0.313 e. The van der Waals surface area contributed by atoms with Gasteiger partial charge in [0.05, 0.1) is 5.54 Å². The molecule has 1 atom stereocenters. The molecule has 1 unspecified atom stereocenters. The number of carbonyl (C=O) groups is 1. The van der Waals surface area contributed by atoms with E-state index in [9.17, 15) is 4.79 Å². The van der Waals surface area contributed by atoms with Crippen LogP contribution >= 0.6 is 0 Å². The average molecular weight is 258 g/mol. The summed E-state index contributed by atoms with van der Waals surface area (Å²) in [6, 6.07) is 10.3. The maximum atomic E-state index is 12.7. The lowest BCUT2D eigenvalue weighted by atomic mass is 9.86. The van der Waals surface area contributed by atoms with Crippen molar-refractivity contribution < 1.29 is 4.79 Å². The lowest BCUT2D eigenvalue weighted by molar-refractivity contribution is -0.130. The molecule has 3 nitrogen and oxygen atoms in total. The summed E-state index contributed by atoms with van der Waals surface area (Å²) in [5, 5.41) is 3.41. The number of piperazine rings is 1. The summed E-state index contributed by atoms with van der Waals surface area (Å²) in [6.45, 7) is 3.99. The van der Waals surface area contributed by atoms with Gasteiger partial charge in [0.1, 0.15) is 0 Å². The monoisotopic (exact) mass is 258 g/mol. The van der Waals surface area contributed by atoms with E-state index >= 15 is 0 Å². The van der Waals surface area contributed by atoms with Crippen molar-refractivity contribution in [3.63, 3.8) is 0 Å². The molecule has 0 bridgehead atoms. The second-order valence-corrected chi connectivity index (χ2v) is 5.71. The minimum absolute atomic E-state index is 0.187. The summed E-state index contributed by atoms with van der Waals surface area (Å²) < 4.78 is 0. The number of hydrogen-bond donors (Lipinski definition) is 1. The van der Waals surface area contributed by atoms with Crippen LogP contribution in [0.3, 0.4) is 0 Å². The first kappa shape index (κ1) is 12.8. The van der Waals surface area contributed by atoms with E-state index < -0.39 is 0 Å². The lowest BCUT2D eigenvalue weighted by Gasteiger charge is -2.41. The van der Waals surface area contributed by atoms with E-state index in [0.717, 1.165) is 39.0 Å². The third-order valence-electron chi connectivity index (χ3n) is 4.60. The SMILES string of the molecule is O=C(CCc1ccccc1)C12CCCN1CCNC2. The van der Waals surface area contributed by atoms with Crippen molar-refractivity contribution in [1.82, 2.24) is 10.2 Å². The van der Waals surface area contributed by atoms with Crippen molar-refractivity contribution in [2.24, 2.45) is 0 Å². The van der Waals surface area contributed by atoms with Crippen LogP contribution in [0.25, 0.3) is 0 Å². The Morgan fingerprint density at radius 2 is 2.11 bits per heavy atom. The van der Waals surface area contributed by atoms with Gasteiger partial charge in [-0.05, 0) is 31.4 Å². The molecule has 1 aromatic rings. The van der Waals surface area contributed by atoms with Crippen LogP contribution in [-0.4, -0.2) is 42.4 Å². The van der Waals surface area contributed by atoms with Gasteiger partial charge in [0, 0.05) is 26.1 Å². The summed E-state index contributed by atoms with van der Waals surface area (Å²) in [5.74, 6) is 0.432. The summed E-state index contributed by atoms with van der Waals surface area (Å²) >= 11 is 0. The van der Waals surface area contributed by atoms with E-state index in [2.05, 4.69) is 22.3 Å². The average Bonchev–Trinajstić information content (AvgIpc) is 2.91. The van der Waals surface area contributed by atoms with E-state index in [1.807, 2.05) is 18.2 Å². The molecule has 2 fully saturated rings. The highest BCUT2D eigenvalue weighted by Crippen LogP contribution is 2.32. The first-order chi connectivity index (χ1) is 9.31. The zero-order valence-electron chi connectivity index (χ0n) is 11.4. The minimum atomic E-state index is -0.187. The molecule has 2 aliphatic rings. The fourth-order valence-electron chi connectivity index (χ4n) is 3.52. The Kier molecular flexibility index (Phi) is 3.67. The molecular weight excluding hydrogens is 236 g/mol. The topological polar surface area (TPSA) is 32.3 Å². The quantitative estimate of drug-likeness (QED) is 0.891. The van der Waals surface area contributed by atoms with Crippen LogP contribution in [0.5, 0.6) is 0 Å². The number of nitrogens with zero attached hydrogens (tertiary/aromatic N) is 1. The Balaban J connectivity index is 1.66. The molecule has 3 heteroatoms. The number of benzene rings is 1. The maximum Gasteiger partial charge on any atom is 0.154 e. The number of hydrogen-bond acceptors (Lipinski definition) is 3. The van der Waals surface area contributed by atoms with Crippen molar-refractivity contribution in [3.05, 3.63) is 35.9 Å². The summed E-state index contributed by atoms with van der Waals surface area (Å²) in [6.07, 6.45) is 3.74. The molecule has 102 valence electrons. The summed E-state index contributed by atoms with van der Waals surface area (Å²) in [4.78, 5) is 15.1. The molecule has 0 saturated carbocycles. The predicted molar refractivity (Wildman–Crippen MR) is 76.2 cm³/mol. The molecule has 0 aliphatic carbocycles. The van der Waals surface area contributed by atoms with Gasteiger partial charge in [-0.2, -0.15) is 0 Å². The number of Topliss-reactive ketones (excluding diaryl/α,β-unsaturated/α-hetero) is 1. The third kappa shape index (κ3) is 2.45. The standard InChI is InChI=1S/C16H22N2O/c19-15(8-7-14-5-2-1-3-6-14)16-9-4-11-18(16)12-10-17-13-16/h1-3,5-6,17H,4,7-13H2. The molecule has 1 N–H and O–H groups in total. The van der Waals surface area contributed by atoms with Crippen molar-refractivity contribution in [3.8, 4) is 0 Å². The van der Waals surface area contributed by atoms with Crippen LogP contribution in [0.1, 0.15) is 24.8 Å². The number of nitrogens with one attached hydrogen (secondary N) is 1. The summed E-state index contributed by atoms with van der Waals surface area (Å²) in [5.41, 5.74) is 1.08. The lowest BCUT2D eigenvalue weighted by Crippen LogP contribution is -2.62. The Labute approximate surface area is 115 Å². The fraction of sp³-hybridized carbons (Fsp3) is 0.562. The molecule has 2 aliphatic heterocycles. The number of ketones is 1. The Bertz CT molecular complexity index is 445. The fourth-order valence-corrected chi connectivity index (χ4v) is 3.52. The zero-order valence-corrected chi connectivity index (χ0v) is 11.4. The van der Waals surface area contributed by atoms with Crippen LogP contribution in [0.15, 0.2) is 30.3 Å². The molecule has 19 heavy (non-hydrogen) atoms. The van der Waals surface area contributed by atoms with Crippen molar-refractivity contribution >= 4 is 5.78 Å². The first-order valence-electron chi connectivity index (χ1n) is 7.34. The van der Waals surface area contributed by atoms with Crippen molar-refractivity contribution in [2.45, 2.75) is 31.2 Å². The van der Waals surface area contributed by atoms with E-state index in [1.54, 1.807) is 0 Å². The molecule has 0 amide bonds. The van der Waals surface area contributed by atoms with Gasteiger partial charge >= 0.3 is 0 Å². The van der Waals surface area contributed by atoms with Gasteiger partial charge in [0.2, 0.25) is 0 Å². The molecule has 0 aromatic heterocycles. The van der Waals surface area contributed by atoms with E-state index in [4.69, 9.17) is 0 Å².